The zero-order valence-corrected chi connectivity index (χ0v) is 16.9. The summed E-state index contributed by atoms with van der Waals surface area (Å²) in [6.07, 6.45) is 9.47. The molecule has 154 valence electrons. The van der Waals surface area contributed by atoms with Crippen molar-refractivity contribution < 1.29 is 19.4 Å². The summed E-state index contributed by atoms with van der Waals surface area (Å²) in [7, 11) is 1.89. The summed E-state index contributed by atoms with van der Waals surface area (Å²) in [6.45, 7) is 0.685. The summed E-state index contributed by atoms with van der Waals surface area (Å²) in [4.78, 5) is 15.0. The third kappa shape index (κ3) is 5.58. The lowest BCUT2D eigenvalue weighted by Gasteiger charge is -2.34. The Hall–Kier alpha value is -1.85. The lowest BCUT2D eigenvalue weighted by Crippen LogP contribution is -2.41. The first kappa shape index (κ1) is 20.9. The zero-order chi connectivity index (χ0) is 19.8. The van der Waals surface area contributed by atoms with Crippen molar-refractivity contribution >= 4 is 5.91 Å². The average molecular weight is 388 g/mol. The molecule has 1 aromatic carbocycles. The lowest BCUT2D eigenvalue weighted by atomic mass is 9.92. The molecule has 5 nitrogen and oxygen atoms in total. The number of likely N-dealkylation sites (N-methyl/N-ethyl adjacent to an activating group) is 1. The van der Waals surface area contributed by atoms with Crippen molar-refractivity contribution in [2.45, 2.75) is 69.6 Å². The van der Waals surface area contributed by atoms with E-state index in [2.05, 4.69) is 12.1 Å². The van der Waals surface area contributed by atoms with Crippen LogP contribution in [0.1, 0.15) is 62.8 Å². The molecule has 1 N–H and O–H groups in total. The molecular formula is C23H33NO4. The fraction of sp³-hybridized carbons (Fsp3) is 0.609. The van der Waals surface area contributed by atoms with Crippen LogP contribution in [0.2, 0.25) is 0 Å². The minimum atomic E-state index is -0.437. The highest BCUT2D eigenvalue weighted by Gasteiger charge is 2.32. The van der Waals surface area contributed by atoms with Crippen LogP contribution in [0.5, 0.6) is 0 Å². The van der Waals surface area contributed by atoms with E-state index in [1.807, 2.05) is 36.2 Å². The van der Waals surface area contributed by atoms with Crippen molar-refractivity contribution in [3.63, 3.8) is 0 Å². The van der Waals surface area contributed by atoms with Crippen molar-refractivity contribution in [1.82, 2.24) is 4.90 Å². The van der Waals surface area contributed by atoms with E-state index in [9.17, 15) is 4.79 Å². The van der Waals surface area contributed by atoms with Gasteiger partial charge in [-0.25, -0.2) is 0 Å². The molecule has 0 aromatic heterocycles. The van der Waals surface area contributed by atoms with Crippen LogP contribution in [-0.4, -0.2) is 48.5 Å². The third-order valence-electron chi connectivity index (χ3n) is 5.79. The standard InChI is InChI=1S/C23H33NO4/c1-24(20-12-6-3-7-13-20)23(26)21-16-19(18-10-4-2-5-11-18)17-22(28-21)27-15-9-8-14-25/h2,4-5,10-11,16,19-20,22,25H,3,6-9,12-15,17H2,1H3/t19-,22+/m0/s1. The van der Waals surface area contributed by atoms with Crippen LogP contribution in [0.15, 0.2) is 42.2 Å². The van der Waals surface area contributed by atoms with E-state index in [0.717, 1.165) is 19.3 Å². The number of carbonyl (C=O) groups is 1. The summed E-state index contributed by atoms with van der Waals surface area (Å²) >= 11 is 0. The van der Waals surface area contributed by atoms with Crippen LogP contribution >= 0.6 is 0 Å². The Kier molecular flexibility index (Phi) is 7.92. The van der Waals surface area contributed by atoms with Gasteiger partial charge >= 0.3 is 0 Å². The Balaban J connectivity index is 1.72. The molecule has 1 aliphatic carbocycles. The first-order valence-electron chi connectivity index (χ1n) is 10.6. The maximum Gasteiger partial charge on any atom is 0.288 e. The van der Waals surface area contributed by atoms with Gasteiger partial charge in [0.15, 0.2) is 5.76 Å². The van der Waals surface area contributed by atoms with Crippen molar-refractivity contribution in [2.75, 3.05) is 20.3 Å². The van der Waals surface area contributed by atoms with Gasteiger partial charge in [0.25, 0.3) is 5.91 Å². The molecule has 1 heterocycles. The highest BCUT2D eigenvalue weighted by Crippen LogP contribution is 2.33. The molecule has 1 aromatic rings. The molecule has 2 aliphatic rings. The molecule has 1 aliphatic heterocycles. The maximum atomic E-state index is 13.1. The number of aliphatic hydroxyl groups is 1. The number of aliphatic hydroxyl groups excluding tert-OH is 1. The second kappa shape index (κ2) is 10.6. The average Bonchev–Trinajstić information content (AvgIpc) is 2.76. The molecule has 5 heteroatoms. The van der Waals surface area contributed by atoms with E-state index in [1.165, 1.54) is 24.8 Å². The molecule has 0 bridgehead atoms. The van der Waals surface area contributed by atoms with Crippen LogP contribution in [-0.2, 0) is 14.3 Å². The summed E-state index contributed by atoms with van der Waals surface area (Å²) < 4.78 is 11.9. The summed E-state index contributed by atoms with van der Waals surface area (Å²) in [5.74, 6) is 0.452. The zero-order valence-electron chi connectivity index (χ0n) is 16.9. The second-order valence-corrected chi connectivity index (χ2v) is 7.84. The largest absolute Gasteiger partial charge is 0.459 e. The van der Waals surface area contributed by atoms with Crippen LogP contribution in [0.25, 0.3) is 0 Å². The van der Waals surface area contributed by atoms with E-state index in [0.29, 0.717) is 31.2 Å². The number of carbonyl (C=O) groups excluding carboxylic acids is 1. The maximum absolute atomic E-state index is 13.1. The summed E-state index contributed by atoms with van der Waals surface area (Å²) in [5.41, 5.74) is 1.17. The Morgan fingerprint density at radius 1 is 1.18 bits per heavy atom. The third-order valence-corrected chi connectivity index (χ3v) is 5.79. The van der Waals surface area contributed by atoms with Gasteiger partial charge < -0.3 is 19.5 Å². The monoisotopic (exact) mass is 387 g/mol. The number of unbranched alkanes of at least 4 members (excludes halogenated alkanes) is 1. The first-order valence-corrected chi connectivity index (χ1v) is 10.6. The minimum absolute atomic E-state index is 0.0449. The highest BCUT2D eigenvalue weighted by atomic mass is 16.7. The second-order valence-electron chi connectivity index (χ2n) is 7.84. The van der Waals surface area contributed by atoms with Gasteiger partial charge in [0.05, 0.1) is 6.61 Å². The number of hydrogen-bond donors (Lipinski definition) is 1. The van der Waals surface area contributed by atoms with Crippen molar-refractivity contribution in [3.8, 4) is 0 Å². The normalized spacial score (nSPS) is 23.0. The van der Waals surface area contributed by atoms with E-state index < -0.39 is 6.29 Å². The first-order chi connectivity index (χ1) is 13.7. The molecule has 0 unspecified atom stereocenters. The highest BCUT2D eigenvalue weighted by molar-refractivity contribution is 5.91. The van der Waals surface area contributed by atoms with Gasteiger partial charge in [0, 0.05) is 32.0 Å². The van der Waals surface area contributed by atoms with Crippen LogP contribution in [0, 0.1) is 0 Å². The Morgan fingerprint density at radius 2 is 1.93 bits per heavy atom. The molecule has 0 spiro atoms. The predicted molar refractivity (Wildman–Crippen MR) is 109 cm³/mol. The van der Waals surface area contributed by atoms with E-state index in [4.69, 9.17) is 14.6 Å². The lowest BCUT2D eigenvalue weighted by molar-refractivity contribution is -0.153. The molecule has 3 rings (SSSR count). The van der Waals surface area contributed by atoms with E-state index >= 15 is 0 Å². The fourth-order valence-corrected chi connectivity index (χ4v) is 4.08. The van der Waals surface area contributed by atoms with Gasteiger partial charge in [-0.05, 0) is 37.3 Å². The van der Waals surface area contributed by atoms with E-state index in [1.54, 1.807) is 0 Å². The quantitative estimate of drug-likeness (QED) is 0.686. The van der Waals surface area contributed by atoms with E-state index in [-0.39, 0.29) is 18.4 Å². The number of amides is 1. The van der Waals surface area contributed by atoms with Gasteiger partial charge in [0.1, 0.15) is 0 Å². The molecule has 1 amide bonds. The molecule has 2 atom stereocenters. The Labute approximate surface area is 168 Å². The summed E-state index contributed by atoms with van der Waals surface area (Å²) in [6, 6.07) is 10.5. The molecule has 0 saturated heterocycles. The number of ether oxygens (including phenoxy) is 2. The fourth-order valence-electron chi connectivity index (χ4n) is 4.08. The number of allylic oxidation sites excluding steroid dienone is 1. The van der Waals surface area contributed by atoms with Gasteiger partial charge in [-0.15, -0.1) is 0 Å². The minimum Gasteiger partial charge on any atom is -0.459 e. The molecular weight excluding hydrogens is 354 g/mol. The number of hydrogen-bond acceptors (Lipinski definition) is 4. The van der Waals surface area contributed by atoms with Crippen molar-refractivity contribution in [3.05, 3.63) is 47.7 Å². The molecule has 0 radical (unpaired) electrons. The van der Waals surface area contributed by atoms with Crippen LogP contribution in [0.3, 0.4) is 0 Å². The smallest absolute Gasteiger partial charge is 0.288 e. The summed E-state index contributed by atoms with van der Waals surface area (Å²) in [5, 5.41) is 8.95. The number of rotatable bonds is 8. The number of benzene rings is 1. The topological polar surface area (TPSA) is 59.0 Å². The molecule has 28 heavy (non-hydrogen) atoms. The van der Waals surface area contributed by atoms with Gasteiger partial charge in [-0.3, -0.25) is 4.79 Å². The Morgan fingerprint density at radius 3 is 2.64 bits per heavy atom. The Bertz CT molecular complexity index is 639. The van der Waals surface area contributed by atoms with Crippen molar-refractivity contribution in [2.24, 2.45) is 0 Å². The molecule has 1 fully saturated rings. The SMILES string of the molecule is CN(C(=O)C1=C[C@H](c2ccccc2)C[C@H](OCCCCO)O1)C1CCCCC1. The van der Waals surface area contributed by atoms with Gasteiger partial charge in [-0.2, -0.15) is 0 Å². The van der Waals surface area contributed by atoms with Crippen LogP contribution in [0.4, 0.5) is 0 Å². The van der Waals surface area contributed by atoms with Crippen LogP contribution < -0.4 is 0 Å². The van der Waals surface area contributed by atoms with Gasteiger partial charge in [-0.1, -0.05) is 49.6 Å². The number of nitrogens with zero attached hydrogens (tertiary/aromatic N) is 1. The van der Waals surface area contributed by atoms with Gasteiger partial charge in [0.2, 0.25) is 6.29 Å². The van der Waals surface area contributed by atoms with Crippen molar-refractivity contribution in [1.29, 1.82) is 0 Å². The predicted octanol–water partition coefficient (Wildman–Crippen LogP) is 3.98. The molecule has 1 saturated carbocycles.